The van der Waals surface area contributed by atoms with Gasteiger partial charge in [-0.2, -0.15) is 5.10 Å². The molecule has 1 aliphatic rings. The van der Waals surface area contributed by atoms with Crippen molar-refractivity contribution in [2.24, 2.45) is 0 Å². The normalized spacial score (nSPS) is 15.5. The van der Waals surface area contributed by atoms with Gasteiger partial charge in [0.05, 0.1) is 19.0 Å². The highest BCUT2D eigenvalue weighted by Gasteiger charge is 2.17. The number of amides is 1. The Bertz CT molecular complexity index is 1000. The first-order valence-electron chi connectivity index (χ1n) is 10.3. The molecule has 162 valence electrons. The molecule has 3 aromatic rings. The van der Waals surface area contributed by atoms with Crippen molar-refractivity contribution >= 4 is 11.8 Å². The van der Waals surface area contributed by atoms with Crippen LogP contribution in [0.3, 0.4) is 0 Å². The summed E-state index contributed by atoms with van der Waals surface area (Å²) in [7, 11) is 1.60. The van der Waals surface area contributed by atoms with Crippen LogP contribution in [-0.4, -0.2) is 42.6 Å². The van der Waals surface area contributed by atoms with Gasteiger partial charge in [0.2, 0.25) is 0 Å². The molecule has 0 spiro atoms. The van der Waals surface area contributed by atoms with E-state index in [1.807, 2.05) is 48.7 Å². The predicted octanol–water partition coefficient (Wildman–Crippen LogP) is 3.96. The Labute approximate surface area is 180 Å². The van der Waals surface area contributed by atoms with Crippen molar-refractivity contribution in [1.29, 1.82) is 0 Å². The number of aromatic nitrogens is 2. The van der Waals surface area contributed by atoms with Gasteiger partial charge in [0.1, 0.15) is 24.7 Å². The van der Waals surface area contributed by atoms with Gasteiger partial charge in [-0.15, -0.1) is 0 Å². The minimum absolute atomic E-state index is 0.137. The van der Waals surface area contributed by atoms with Crippen molar-refractivity contribution in [1.82, 2.24) is 15.5 Å². The Morgan fingerprint density at radius 1 is 1.23 bits per heavy atom. The third-order valence-corrected chi connectivity index (χ3v) is 5.16. The minimum atomic E-state index is -0.553. The van der Waals surface area contributed by atoms with E-state index in [1.54, 1.807) is 13.3 Å². The standard InChI is InChI=1S/C23H26N4O4/c1-29-20-6-2-4-16(10-20)14-31-23(28)27-21-8-7-17(18-12-25-26-13-18)11-22(21)30-15-19-5-3-9-24-19/h2,4,6-8,10-13,19,24H,3,5,9,14-15H2,1H3,(H,25,26)(H,27,28). The van der Waals surface area contributed by atoms with Crippen LogP contribution in [0.25, 0.3) is 11.1 Å². The summed E-state index contributed by atoms with van der Waals surface area (Å²) in [5.74, 6) is 1.30. The van der Waals surface area contributed by atoms with E-state index in [1.165, 1.54) is 0 Å². The summed E-state index contributed by atoms with van der Waals surface area (Å²) in [5.41, 5.74) is 3.28. The van der Waals surface area contributed by atoms with Crippen LogP contribution in [0, 0.1) is 0 Å². The maximum atomic E-state index is 12.4. The first kappa shape index (κ1) is 20.7. The van der Waals surface area contributed by atoms with Gasteiger partial charge in [-0.05, 0) is 54.8 Å². The summed E-state index contributed by atoms with van der Waals surface area (Å²) in [5, 5.41) is 13.0. The van der Waals surface area contributed by atoms with Crippen LogP contribution in [0.2, 0.25) is 0 Å². The van der Waals surface area contributed by atoms with Crippen LogP contribution >= 0.6 is 0 Å². The van der Waals surface area contributed by atoms with Crippen molar-refractivity contribution in [3.05, 3.63) is 60.4 Å². The number of ether oxygens (including phenoxy) is 3. The molecule has 8 heteroatoms. The topological polar surface area (TPSA) is 97.5 Å². The molecule has 2 heterocycles. The third-order valence-electron chi connectivity index (χ3n) is 5.16. The Kier molecular flexibility index (Phi) is 6.68. The number of rotatable bonds is 8. The Morgan fingerprint density at radius 2 is 2.16 bits per heavy atom. The van der Waals surface area contributed by atoms with E-state index in [0.29, 0.717) is 29.8 Å². The summed E-state index contributed by atoms with van der Waals surface area (Å²) in [6.45, 7) is 1.67. The van der Waals surface area contributed by atoms with Gasteiger partial charge in [0.15, 0.2) is 0 Å². The molecular formula is C23H26N4O4. The second kappa shape index (κ2) is 9.99. The second-order valence-corrected chi connectivity index (χ2v) is 7.35. The van der Waals surface area contributed by atoms with Crippen LogP contribution in [-0.2, 0) is 11.3 Å². The largest absolute Gasteiger partial charge is 0.497 e. The van der Waals surface area contributed by atoms with Crippen molar-refractivity contribution in [3.63, 3.8) is 0 Å². The van der Waals surface area contributed by atoms with E-state index in [0.717, 1.165) is 36.1 Å². The molecule has 1 aromatic heterocycles. The number of carbonyl (C=O) groups excluding carboxylic acids is 1. The van der Waals surface area contributed by atoms with Crippen molar-refractivity contribution in [3.8, 4) is 22.6 Å². The van der Waals surface area contributed by atoms with Crippen molar-refractivity contribution in [2.45, 2.75) is 25.5 Å². The van der Waals surface area contributed by atoms with E-state index < -0.39 is 6.09 Å². The van der Waals surface area contributed by atoms with Gasteiger partial charge in [-0.3, -0.25) is 10.4 Å². The maximum absolute atomic E-state index is 12.4. The number of hydrogen-bond donors (Lipinski definition) is 3. The molecule has 1 fully saturated rings. The third kappa shape index (κ3) is 5.55. The first-order valence-corrected chi connectivity index (χ1v) is 10.3. The Morgan fingerprint density at radius 3 is 2.94 bits per heavy atom. The quantitative estimate of drug-likeness (QED) is 0.508. The van der Waals surface area contributed by atoms with E-state index in [2.05, 4.69) is 20.8 Å². The number of aromatic amines is 1. The highest BCUT2D eigenvalue weighted by molar-refractivity contribution is 5.87. The molecule has 0 saturated carbocycles. The van der Waals surface area contributed by atoms with E-state index >= 15 is 0 Å². The lowest BCUT2D eigenvalue weighted by Gasteiger charge is -2.17. The number of hydrogen-bond acceptors (Lipinski definition) is 6. The molecule has 2 aromatic carbocycles. The molecule has 1 atom stereocenters. The second-order valence-electron chi connectivity index (χ2n) is 7.35. The number of methoxy groups -OCH3 is 1. The molecule has 0 aliphatic carbocycles. The number of anilines is 1. The molecule has 1 unspecified atom stereocenters. The van der Waals surface area contributed by atoms with Crippen LogP contribution in [0.15, 0.2) is 54.9 Å². The average Bonchev–Trinajstić information content (AvgIpc) is 3.51. The molecule has 0 radical (unpaired) electrons. The number of nitrogens with one attached hydrogen (secondary N) is 3. The average molecular weight is 422 g/mol. The maximum Gasteiger partial charge on any atom is 0.412 e. The van der Waals surface area contributed by atoms with Gasteiger partial charge in [0.25, 0.3) is 0 Å². The fourth-order valence-electron chi connectivity index (χ4n) is 3.48. The molecule has 1 aliphatic heterocycles. The van der Waals surface area contributed by atoms with Crippen molar-refractivity contribution < 1.29 is 19.0 Å². The Hall–Kier alpha value is -3.52. The number of nitrogens with zero attached hydrogens (tertiary/aromatic N) is 1. The number of carbonyl (C=O) groups is 1. The lowest BCUT2D eigenvalue weighted by Crippen LogP contribution is -2.28. The van der Waals surface area contributed by atoms with E-state index in [-0.39, 0.29) is 6.61 Å². The van der Waals surface area contributed by atoms with Crippen LogP contribution in [0.4, 0.5) is 10.5 Å². The molecule has 8 nitrogen and oxygen atoms in total. The summed E-state index contributed by atoms with van der Waals surface area (Å²) in [4.78, 5) is 12.4. The van der Waals surface area contributed by atoms with Crippen LogP contribution in [0.1, 0.15) is 18.4 Å². The lowest BCUT2D eigenvalue weighted by atomic mass is 10.1. The monoisotopic (exact) mass is 422 g/mol. The minimum Gasteiger partial charge on any atom is -0.497 e. The van der Waals surface area contributed by atoms with Gasteiger partial charge >= 0.3 is 6.09 Å². The Balaban J connectivity index is 1.44. The van der Waals surface area contributed by atoms with Gasteiger partial charge in [-0.25, -0.2) is 4.79 Å². The molecule has 31 heavy (non-hydrogen) atoms. The highest BCUT2D eigenvalue weighted by Crippen LogP contribution is 2.31. The number of H-pyrrole nitrogens is 1. The van der Waals surface area contributed by atoms with E-state index in [4.69, 9.17) is 14.2 Å². The van der Waals surface area contributed by atoms with Gasteiger partial charge in [-0.1, -0.05) is 18.2 Å². The summed E-state index contributed by atoms with van der Waals surface area (Å²) in [6.07, 6.45) is 5.22. The smallest absolute Gasteiger partial charge is 0.412 e. The molecule has 3 N–H and O–H groups in total. The van der Waals surface area contributed by atoms with Crippen molar-refractivity contribution in [2.75, 3.05) is 25.6 Å². The summed E-state index contributed by atoms with van der Waals surface area (Å²) >= 11 is 0. The molecule has 4 rings (SSSR count). The SMILES string of the molecule is COc1cccc(COC(=O)Nc2ccc(-c3cn[nH]c3)cc2OCC2CCCN2)c1. The van der Waals surface area contributed by atoms with Crippen LogP contribution in [0.5, 0.6) is 11.5 Å². The molecule has 1 saturated heterocycles. The zero-order valence-corrected chi connectivity index (χ0v) is 17.4. The number of benzene rings is 2. The zero-order chi connectivity index (χ0) is 21.5. The van der Waals surface area contributed by atoms with Crippen LogP contribution < -0.4 is 20.1 Å². The fourth-order valence-corrected chi connectivity index (χ4v) is 3.48. The summed E-state index contributed by atoms with van der Waals surface area (Å²) < 4.78 is 16.7. The lowest BCUT2D eigenvalue weighted by molar-refractivity contribution is 0.155. The molecule has 0 bridgehead atoms. The highest BCUT2D eigenvalue weighted by atomic mass is 16.5. The fraction of sp³-hybridized carbons (Fsp3) is 0.304. The summed E-state index contributed by atoms with van der Waals surface area (Å²) in [6, 6.07) is 13.3. The van der Waals surface area contributed by atoms with Gasteiger partial charge in [0, 0.05) is 17.8 Å². The van der Waals surface area contributed by atoms with Gasteiger partial charge < -0.3 is 19.5 Å². The molecular weight excluding hydrogens is 396 g/mol. The molecule has 1 amide bonds. The van der Waals surface area contributed by atoms with E-state index in [9.17, 15) is 4.79 Å². The first-order chi connectivity index (χ1) is 15.2. The zero-order valence-electron chi connectivity index (χ0n) is 17.4. The predicted molar refractivity (Wildman–Crippen MR) is 117 cm³/mol.